The number of nitrogens with one attached hydrogen (secondary N) is 1. The van der Waals surface area contributed by atoms with E-state index in [1.807, 2.05) is 12.1 Å². The molecule has 1 saturated heterocycles. The molecule has 1 N–H and O–H groups in total. The van der Waals surface area contributed by atoms with E-state index < -0.39 is 11.3 Å². The van der Waals surface area contributed by atoms with Crippen molar-refractivity contribution in [3.05, 3.63) is 35.4 Å². The van der Waals surface area contributed by atoms with Gasteiger partial charge < -0.3 is 9.45 Å². The van der Waals surface area contributed by atoms with Gasteiger partial charge in [-0.1, -0.05) is 50.5 Å². The van der Waals surface area contributed by atoms with Gasteiger partial charge in [0.25, 0.3) is 0 Å². The summed E-state index contributed by atoms with van der Waals surface area (Å²) in [6.45, 7) is 5.74. The molecule has 0 spiro atoms. The van der Waals surface area contributed by atoms with Gasteiger partial charge in [0.2, 0.25) is 0 Å². The molecule has 0 radical (unpaired) electrons. The highest BCUT2D eigenvalue weighted by molar-refractivity contribution is 7.77. The number of nitrogens with zero attached hydrogens (tertiary/aromatic N) is 1. The Labute approximate surface area is 170 Å². The second-order valence-electron chi connectivity index (χ2n) is 9.06. The first-order chi connectivity index (χ1) is 13.5. The lowest BCUT2D eigenvalue weighted by molar-refractivity contribution is -0.124. The molecule has 3 unspecified atom stereocenters. The zero-order valence-electron chi connectivity index (χ0n) is 16.7. The summed E-state index contributed by atoms with van der Waals surface area (Å²) >= 11 is -2.23. The maximum absolute atomic E-state index is 12.5. The van der Waals surface area contributed by atoms with Crippen LogP contribution in [0.1, 0.15) is 56.6 Å². The Kier molecular flexibility index (Phi) is 6.02. The minimum atomic E-state index is -2.23. The largest absolute Gasteiger partial charge is 0.760 e. The van der Waals surface area contributed by atoms with Gasteiger partial charge in [-0.2, -0.15) is 0 Å². The molecule has 0 bridgehead atoms. The molecule has 4 rings (SSSR count). The van der Waals surface area contributed by atoms with Crippen molar-refractivity contribution in [3.8, 4) is 0 Å². The number of piperidine rings is 1. The summed E-state index contributed by atoms with van der Waals surface area (Å²) < 4.78 is 23.9. The van der Waals surface area contributed by atoms with E-state index in [9.17, 15) is 13.6 Å². The number of fused-ring (bicyclic) bond motifs is 1. The number of benzene rings is 1. The van der Waals surface area contributed by atoms with E-state index >= 15 is 0 Å². The predicted molar refractivity (Wildman–Crippen MR) is 109 cm³/mol. The zero-order valence-corrected chi connectivity index (χ0v) is 17.5. The van der Waals surface area contributed by atoms with E-state index in [4.69, 9.17) is 0 Å². The molecule has 3 fully saturated rings. The van der Waals surface area contributed by atoms with Gasteiger partial charge in [0.15, 0.2) is 0 Å². The third-order valence-corrected chi connectivity index (χ3v) is 7.89. The standard InChI is InChI=1S/C22H32N2O3S/c1-22(18-9-5-6-16(12-18)13-23-28(26)27)19-14-24(15-20(19)22)11-10-21(25)17-7-3-2-4-8-17/h5-6,9,12,17,19-20,23H,2-4,7-8,10-11,13-15H2,1H3,(H,26,27)/p-1. The number of ketones is 1. The van der Waals surface area contributed by atoms with E-state index in [1.54, 1.807) is 0 Å². The topological polar surface area (TPSA) is 72.5 Å². The van der Waals surface area contributed by atoms with Crippen LogP contribution < -0.4 is 4.72 Å². The minimum absolute atomic E-state index is 0.191. The Morgan fingerprint density at radius 1 is 1.25 bits per heavy atom. The Morgan fingerprint density at radius 3 is 2.64 bits per heavy atom. The van der Waals surface area contributed by atoms with Gasteiger partial charge in [-0.15, -0.1) is 0 Å². The first-order valence-corrected chi connectivity index (χ1v) is 11.7. The average molecular weight is 404 g/mol. The monoisotopic (exact) mass is 403 g/mol. The molecule has 28 heavy (non-hydrogen) atoms. The fourth-order valence-corrected chi connectivity index (χ4v) is 5.91. The van der Waals surface area contributed by atoms with E-state index in [-0.39, 0.29) is 5.41 Å². The molecule has 3 atom stereocenters. The highest BCUT2D eigenvalue weighted by Crippen LogP contribution is 2.63. The van der Waals surface area contributed by atoms with Crippen LogP contribution in [-0.2, 0) is 28.0 Å². The van der Waals surface area contributed by atoms with Crippen molar-refractivity contribution < 1.29 is 13.6 Å². The SMILES string of the molecule is CC1(c2cccc(CNS(=O)[O-])c2)C2CN(CCC(=O)C3CCCCC3)CC21. The number of carbonyl (C=O) groups excluding carboxylic acids is 1. The maximum Gasteiger partial charge on any atom is 0.137 e. The second kappa shape index (κ2) is 8.34. The molecule has 2 aliphatic carbocycles. The zero-order chi connectivity index (χ0) is 19.7. The molecule has 1 aliphatic heterocycles. The van der Waals surface area contributed by atoms with Gasteiger partial charge in [-0.25, -0.2) is 4.72 Å². The fraction of sp³-hybridized carbons (Fsp3) is 0.682. The molecule has 154 valence electrons. The van der Waals surface area contributed by atoms with Crippen LogP contribution in [0.4, 0.5) is 0 Å². The Bertz CT molecular complexity index is 735. The van der Waals surface area contributed by atoms with Crippen LogP contribution in [-0.4, -0.2) is 39.1 Å². The Morgan fingerprint density at radius 2 is 1.96 bits per heavy atom. The summed E-state index contributed by atoms with van der Waals surface area (Å²) in [4.78, 5) is 14.9. The third kappa shape index (κ3) is 4.11. The van der Waals surface area contributed by atoms with Crippen molar-refractivity contribution in [1.29, 1.82) is 0 Å². The van der Waals surface area contributed by atoms with Gasteiger partial charge in [0.05, 0.1) is 0 Å². The van der Waals surface area contributed by atoms with Crippen molar-refractivity contribution in [3.63, 3.8) is 0 Å². The molecule has 6 heteroatoms. The van der Waals surface area contributed by atoms with Crippen LogP contribution in [0.2, 0.25) is 0 Å². The number of hydrogen-bond acceptors (Lipinski definition) is 4. The molecule has 3 aliphatic rings. The average Bonchev–Trinajstić information content (AvgIpc) is 3.05. The first kappa shape index (κ1) is 20.2. The normalized spacial score (nSPS) is 31.5. The molecular weight excluding hydrogens is 372 g/mol. The third-order valence-electron chi connectivity index (χ3n) is 7.50. The van der Waals surface area contributed by atoms with Gasteiger partial charge in [-0.05, 0) is 35.8 Å². The summed E-state index contributed by atoms with van der Waals surface area (Å²) in [7, 11) is 0. The summed E-state index contributed by atoms with van der Waals surface area (Å²) in [6, 6.07) is 8.32. The number of Topliss-reactive ketones (excluding diaryl/α,β-unsaturated/α-hetero) is 1. The van der Waals surface area contributed by atoms with E-state index in [1.165, 1.54) is 24.8 Å². The minimum Gasteiger partial charge on any atom is -0.760 e. The molecule has 0 amide bonds. The Hall–Kier alpha value is -1.08. The van der Waals surface area contributed by atoms with E-state index in [0.717, 1.165) is 38.0 Å². The number of carbonyl (C=O) groups is 1. The van der Waals surface area contributed by atoms with Crippen molar-refractivity contribution in [2.24, 2.45) is 17.8 Å². The van der Waals surface area contributed by atoms with E-state index in [2.05, 4.69) is 28.7 Å². The fourth-order valence-electron chi connectivity index (χ4n) is 5.63. The molecule has 2 saturated carbocycles. The van der Waals surface area contributed by atoms with E-state index in [0.29, 0.717) is 36.5 Å². The predicted octanol–water partition coefficient (Wildman–Crippen LogP) is 2.93. The van der Waals surface area contributed by atoms with Crippen molar-refractivity contribution in [1.82, 2.24) is 9.62 Å². The number of likely N-dealkylation sites (tertiary alicyclic amines) is 1. The lowest BCUT2D eigenvalue weighted by Crippen LogP contribution is -2.32. The van der Waals surface area contributed by atoms with Crippen molar-refractivity contribution >= 4 is 17.0 Å². The smallest absolute Gasteiger partial charge is 0.137 e. The Balaban J connectivity index is 1.28. The second-order valence-corrected chi connectivity index (χ2v) is 9.82. The quantitative estimate of drug-likeness (QED) is 0.678. The molecule has 1 aromatic rings. The summed E-state index contributed by atoms with van der Waals surface area (Å²) in [5.74, 6) is 2.11. The number of hydrogen-bond donors (Lipinski definition) is 1. The molecule has 1 aromatic carbocycles. The maximum atomic E-state index is 12.5. The van der Waals surface area contributed by atoms with Crippen LogP contribution in [0, 0.1) is 17.8 Å². The highest BCUT2D eigenvalue weighted by atomic mass is 32.2. The highest BCUT2D eigenvalue weighted by Gasteiger charge is 2.65. The number of rotatable bonds is 8. The molecule has 0 aromatic heterocycles. The lowest BCUT2D eigenvalue weighted by atomic mass is 9.85. The van der Waals surface area contributed by atoms with Gasteiger partial charge in [0.1, 0.15) is 5.78 Å². The molecule has 1 heterocycles. The summed E-state index contributed by atoms with van der Waals surface area (Å²) in [5, 5.41) is 0. The van der Waals surface area contributed by atoms with Gasteiger partial charge in [0, 0.05) is 55.2 Å². The van der Waals surface area contributed by atoms with Gasteiger partial charge >= 0.3 is 0 Å². The van der Waals surface area contributed by atoms with Crippen LogP contribution in [0.3, 0.4) is 0 Å². The van der Waals surface area contributed by atoms with Gasteiger partial charge in [-0.3, -0.25) is 9.00 Å². The van der Waals surface area contributed by atoms with Crippen molar-refractivity contribution in [2.75, 3.05) is 19.6 Å². The van der Waals surface area contributed by atoms with Crippen LogP contribution in [0.15, 0.2) is 24.3 Å². The van der Waals surface area contributed by atoms with Crippen molar-refractivity contribution in [2.45, 2.75) is 57.4 Å². The summed E-state index contributed by atoms with van der Waals surface area (Å²) in [5.41, 5.74) is 2.51. The lowest BCUT2D eigenvalue weighted by Gasteiger charge is -2.26. The summed E-state index contributed by atoms with van der Waals surface area (Å²) in [6.07, 6.45) is 6.67. The van der Waals surface area contributed by atoms with Crippen LogP contribution in [0.5, 0.6) is 0 Å². The first-order valence-electron chi connectivity index (χ1n) is 10.7. The van der Waals surface area contributed by atoms with Crippen LogP contribution in [0.25, 0.3) is 0 Å². The van der Waals surface area contributed by atoms with Crippen LogP contribution >= 0.6 is 0 Å². The molecular formula is C22H31N2O3S-. The molecule has 5 nitrogen and oxygen atoms in total.